The first-order valence-electron chi connectivity index (χ1n) is 8.94. The number of benzene rings is 2. The molecule has 1 fully saturated rings. The minimum atomic E-state index is -3.46. The molecule has 10 heteroatoms. The second-order valence-corrected chi connectivity index (χ2v) is 9.64. The quantitative estimate of drug-likeness (QED) is 0.596. The average molecular weight is 498 g/mol. The molecule has 1 aliphatic rings. The molecule has 0 unspecified atom stereocenters. The fourth-order valence-electron chi connectivity index (χ4n) is 2.79. The lowest BCUT2D eigenvalue weighted by Crippen LogP contribution is -2.37. The fraction of sp³-hybridized carbons (Fsp3) is 0.263. The van der Waals surface area contributed by atoms with Gasteiger partial charge in [0.15, 0.2) is 11.7 Å². The van der Waals surface area contributed by atoms with Crippen molar-refractivity contribution in [2.75, 3.05) is 25.0 Å². The number of rotatable bonds is 6. The topological polar surface area (TPSA) is 87.7 Å². The normalized spacial score (nSPS) is 14.4. The van der Waals surface area contributed by atoms with Crippen molar-refractivity contribution >= 4 is 54.9 Å². The summed E-state index contributed by atoms with van der Waals surface area (Å²) in [4.78, 5) is 12.2. The fourth-order valence-corrected chi connectivity index (χ4v) is 4.81. The highest BCUT2D eigenvalue weighted by molar-refractivity contribution is 9.10. The van der Waals surface area contributed by atoms with Gasteiger partial charge in [-0.2, -0.15) is 4.31 Å². The Hall–Kier alpha value is -2.01. The molecule has 0 spiro atoms. The van der Waals surface area contributed by atoms with E-state index in [1.807, 2.05) is 12.1 Å². The van der Waals surface area contributed by atoms with E-state index in [0.29, 0.717) is 24.5 Å². The van der Waals surface area contributed by atoms with Crippen LogP contribution in [0.2, 0.25) is 0 Å². The molecule has 2 N–H and O–H groups in total. The Balaban J connectivity index is 1.49. The second-order valence-electron chi connectivity index (χ2n) is 6.38. The van der Waals surface area contributed by atoms with Crippen molar-refractivity contribution in [3.05, 3.63) is 53.0 Å². The molecule has 0 aromatic heterocycles. The third kappa shape index (κ3) is 5.99. The molecule has 1 heterocycles. The molecule has 0 radical (unpaired) electrons. The average Bonchev–Trinajstić information content (AvgIpc) is 3.23. The summed E-state index contributed by atoms with van der Waals surface area (Å²) < 4.78 is 32.8. The van der Waals surface area contributed by atoms with E-state index in [1.54, 1.807) is 24.3 Å². The molecule has 1 aliphatic heterocycles. The summed E-state index contributed by atoms with van der Waals surface area (Å²) in [6, 6.07) is 13.4. The lowest BCUT2D eigenvalue weighted by Gasteiger charge is -2.16. The molecule has 29 heavy (non-hydrogen) atoms. The predicted octanol–water partition coefficient (Wildman–Crippen LogP) is 3.13. The number of anilines is 1. The molecule has 0 saturated carbocycles. The number of halogens is 1. The van der Waals surface area contributed by atoms with E-state index >= 15 is 0 Å². The Kier molecular flexibility index (Phi) is 7.23. The highest BCUT2D eigenvalue weighted by Crippen LogP contribution is 2.22. The number of nitrogens with one attached hydrogen (secondary N) is 2. The first kappa shape index (κ1) is 21.7. The number of hydrogen-bond acceptors (Lipinski definition) is 5. The number of ether oxygens (including phenoxy) is 1. The van der Waals surface area contributed by atoms with Gasteiger partial charge >= 0.3 is 0 Å². The first-order valence-corrected chi connectivity index (χ1v) is 11.6. The van der Waals surface area contributed by atoms with E-state index in [-0.39, 0.29) is 16.6 Å². The molecule has 1 amide bonds. The van der Waals surface area contributed by atoms with Crippen molar-refractivity contribution in [3.8, 4) is 5.75 Å². The SMILES string of the molecule is O=C(COc1ccc(Br)cc1)NC(=S)Nc1ccc(S(=O)(=O)N2CCCC2)cc1. The maximum Gasteiger partial charge on any atom is 0.264 e. The number of amides is 1. The Bertz CT molecular complexity index is 974. The summed E-state index contributed by atoms with van der Waals surface area (Å²) in [5.41, 5.74) is 0.574. The minimum Gasteiger partial charge on any atom is -0.484 e. The lowest BCUT2D eigenvalue weighted by molar-refractivity contribution is -0.121. The van der Waals surface area contributed by atoms with Crippen LogP contribution in [0.15, 0.2) is 57.9 Å². The third-order valence-electron chi connectivity index (χ3n) is 4.25. The van der Waals surface area contributed by atoms with Gasteiger partial charge in [-0.15, -0.1) is 0 Å². The van der Waals surface area contributed by atoms with Crippen LogP contribution in [-0.2, 0) is 14.8 Å². The van der Waals surface area contributed by atoms with Gasteiger partial charge < -0.3 is 10.1 Å². The van der Waals surface area contributed by atoms with Crippen LogP contribution < -0.4 is 15.4 Å². The number of hydrogen-bond donors (Lipinski definition) is 2. The molecule has 2 aromatic carbocycles. The van der Waals surface area contributed by atoms with Gasteiger partial charge in [0, 0.05) is 23.2 Å². The van der Waals surface area contributed by atoms with Crippen LogP contribution in [-0.4, -0.2) is 43.4 Å². The maximum atomic E-state index is 12.5. The van der Waals surface area contributed by atoms with E-state index in [1.165, 1.54) is 16.4 Å². The molecular weight excluding hydrogens is 478 g/mol. The molecule has 1 saturated heterocycles. The molecule has 154 valence electrons. The maximum absolute atomic E-state index is 12.5. The Morgan fingerprint density at radius 2 is 1.69 bits per heavy atom. The van der Waals surface area contributed by atoms with Crippen LogP contribution >= 0.6 is 28.1 Å². The third-order valence-corrected chi connectivity index (χ3v) is 6.90. The van der Waals surface area contributed by atoms with Crippen molar-refractivity contribution < 1.29 is 17.9 Å². The lowest BCUT2D eigenvalue weighted by atomic mass is 10.3. The summed E-state index contributed by atoms with van der Waals surface area (Å²) >= 11 is 8.45. The number of nitrogens with zero attached hydrogens (tertiary/aromatic N) is 1. The number of thiocarbonyl (C=S) groups is 1. The molecule has 7 nitrogen and oxygen atoms in total. The van der Waals surface area contributed by atoms with Gasteiger partial charge in [-0.3, -0.25) is 10.1 Å². The van der Waals surface area contributed by atoms with Crippen LogP contribution in [0.1, 0.15) is 12.8 Å². The van der Waals surface area contributed by atoms with E-state index in [4.69, 9.17) is 17.0 Å². The van der Waals surface area contributed by atoms with Crippen molar-refractivity contribution in [1.82, 2.24) is 9.62 Å². The monoisotopic (exact) mass is 497 g/mol. The zero-order chi connectivity index (χ0) is 20.9. The Morgan fingerprint density at radius 3 is 2.31 bits per heavy atom. The van der Waals surface area contributed by atoms with Crippen LogP contribution in [0.3, 0.4) is 0 Å². The highest BCUT2D eigenvalue weighted by Gasteiger charge is 2.26. The molecule has 3 rings (SSSR count). The van der Waals surface area contributed by atoms with Gasteiger partial charge in [0.1, 0.15) is 5.75 Å². The van der Waals surface area contributed by atoms with Gasteiger partial charge in [-0.1, -0.05) is 15.9 Å². The number of carbonyl (C=O) groups excluding carboxylic acids is 1. The Morgan fingerprint density at radius 1 is 1.07 bits per heavy atom. The van der Waals surface area contributed by atoms with Crippen LogP contribution in [0.4, 0.5) is 5.69 Å². The minimum absolute atomic E-state index is 0.101. The summed E-state index contributed by atoms with van der Waals surface area (Å²) in [5, 5.41) is 5.48. The van der Waals surface area contributed by atoms with Crippen LogP contribution in [0.5, 0.6) is 5.75 Å². The molecule has 0 bridgehead atoms. The molecule has 0 aliphatic carbocycles. The number of sulfonamides is 1. The summed E-state index contributed by atoms with van der Waals surface area (Å²) in [6.45, 7) is 0.929. The summed E-state index contributed by atoms with van der Waals surface area (Å²) in [6.07, 6.45) is 1.77. The second kappa shape index (κ2) is 9.66. The van der Waals surface area contributed by atoms with E-state index in [2.05, 4.69) is 26.6 Å². The molecular formula is C19H20BrN3O4S2. The molecule has 0 atom stereocenters. The zero-order valence-electron chi connectivity index (χ0n) is 15.4. The Labute approximate surface area is 183 Å². The van der Waals surface area contributed by atoms with Crippen molar-refractivity contribution in [2.45, 2.75) is 17.7 Å². The number of carbonyl (C=O) groups is 1. The van der Waals surface area contributed by atoms with Crippen molar-refractivity contribution in [2.24, 2.45) is 0 Å². The van der Waals surface area contributed by atoms with E-state index in [9.17, 15) is 13.2 Å². The van der Waals surface area contributed by atoms with Gasteiger partial charge in [0.25, 0.3) is 5.91 Å². The zero-order valence-corrected chi connectivity index (χ0v) is 18.6. The van der Waals surface area contributed by atoms with Crippen molar-refractivity contribution in [3.63, 3.8) is 0 Å². The standard InChI is InChI=1S/C19H20BrN3O4S2/c20-14-3-7-16(8-4-14)27-13-18(24)22-19(28)21-15-5-9-17(10-6-15)29(25,26)23-11-1-2-12-23/h3-10H,1-2,11-13H2,(H2,21,22,24,28). The summed E-state index contributed by atoms with van der Waals surface area (Å²) in [5.74, 6) is 0.163. The molecule has 2 aromatic rings. The van der Waals surface area contributed by atoms with E-state index in [0.717, 1.165) is 17.3 Å². The van der Waals surface area contributed by atoms with Gasteiger partial charge in [0.2, 0.25) is 10.0 Å². The summed E-state index contributed by atoms with van der Waals surface area (Å²) in [7, 11) is -3.46. The van der Waals surface area contributed by atoms with Crippen LogP contribution in [0, 0.1) is 0 Å². The van der Waals surface area contributed by atoms with E-state index < -0.39 is 15.9 Å². The van der Waals surface area contributed by atoms with Gasteiger partial charge in [0.05, 0.1) is 4.90 Å². The van der Waals surface area contributed by atoms with Gasteiger partial charge in [-0.25, -0.2) is 8.42 Å². The van der Waals surface area contributed by atoms with Gasteiger partial charge in [-0.05, 0) is 73.6 Å². The van der Waals surface area contributed by atoms with Crippen LogP contribution in [0.25, 0.3) is 0 Å². The first-order chi connectivity index (χ1) is 13.8. The largest absolute Gasteiger partial charge is 0.484 e. The smallest absolute Gasteiger partial charge is 0.264 e. The predicted molar refractivity (Wildman–Crippen MR) is 118 cm³/mol. The highest BCUT2D eigenvalue weighted by atomic mass is 79.9. The van der Waals surface area contributed by atoms with Crippen molar-refractivity contribution in [1.29, 1.82) is 0 Å².